The molecule has 2 aromatic carbocycles. The summed E-state index contributed by atoms with van der Waals surface area (Å²) in [5.74, 6) is -1.73. The van der Waals surface area contributed by atoms with Crippen molar-refractivity contribution in [2.75, 3.05) is 13.1 Å². The molecule has 2 unspecified atom stereocenters. The number of hydrogen-bond acceptors (Lipinski definition) is 6. The average molecular weight is 497 g/mol. The smallest absolute Gasteiger partial charge is 0.255 e. The van der Waals surface area contributed by atoms with Crippen LogP contribution in [0.4, 0.5) is 4.39 Å². The van der Waals surface area contributed by atoms with Gasteiger partial charge < -0.3 is 14.4 Å². The first-order valence-corrected chi connectivity index (χ1v) is 12.2. The van der Waals surface area contributed by atoms with Crippen molar-refractivity contribution in [1.29, 1.82) is 0 Å². The van der Waals surface area contributed by atoms with Crippen LogP contribution in [0.5, 0.6) is 5.75 Å². The van der Waals surface area contributed by atoms with Gasteiger partial charge in [-0.05, 0) is 50.1 Å². The number of halogens is 1. The van der Waals surface area contributed by atoms with Crippen LogP contribution in [0.1, 0.15) is 55.1 Å². The van der Waals surface area contributed by atoms with E-state index in [1.54, 1.807) is 30.3 Å². The molecule has 36 heavy (non-hydrogen) atoms. The topological polar surface area (TPSA) is 88.2 Å². The van der Waals surface area contributed by atoms with Crippen molar-refractivity contribution in [3.63, 3.8) is 0 Å². The monoisotopic (exact) mass is 496 g/mol. The highest BCUT2D eigenvalue weighted by Gasteiger charge is 2.40. The lowest BCUT2D eigenvalue weighted by Crippen LogP contribution is -2.52. The normalized spacial score (nSPS) is 27.0. The van der Waals surface area contributed by atoms with Gasteiger partial charge in [-0.1, -0.05) is 12.1 Å². The molecule has 1 N–H and O–H groups in total. The number of fused-ring (bicyclic) bond motifs is 1. The third kappa shape index (κ3) is 4.99. The zero-order chi connectivity index (χ0) is 26.3. The van der Waals surface area contributed by atoms with Gasteiger partial charge in [0, 0.05) is 42.7 Å². The van der Waals surface area contributed by atoms with Crippen LogP contribution in [0, 0.1) is 5.82 Å². The minimum absolute atomic E-state index is 0.00856. The van der Waals surface area contributed by atoms with E-state index in [2.05, 4.69) is 10.2 Å². The van der Waals surface area contributed by atoms with Crippen molar-refractivity contribution in [2.45, 2.75) is 64.6 Å². The molecule has 5 rings (SSSR count). The lowest BCUT2D eigenvalue weighted by atomic mass is 10.0. The van der Waals surface area contributed by atoms with Crippen LogP contribution in [0.15, 0.2) is 36.4 Å². The molecule has 0 saturated carbocycles. The standard InChI is InChI=1S/C27H30FN3O5/c1-16-11-30(12-17(2)36-16)13-18-6-7-22(28)19(10-18)15-35-24-5-3-4-20-21(24)14-31(27(20)34)23-8-9-25(32)29-26(23)33/h3-7,10,16-17,23H,8-9,11-15H2,1-2H3,(H,29,32,33)/t16?,17?,23-/m0/s1/i23D. The fourth-order valence-electron chi connectivity index (χ4n) is 5.19. The Hall–Kier alpha value is -3.30. The molecule has 0 aromatic heterocycles. The number of morpholine rings is 1. The molecule has 2 fully saturated rings. The van der Waals surface area contributed by atoms with Crippen LogP contribution in [0.2, 0.25) is 0 Å². The van der Waals surface area contributed by atoms with Crippen LogP contribution in [0.3, 0.4) is 0 Å². The fourth-order valence-corrected chi connectivity index (χ4v) is 5.19. The molecule has 3 aliphatic rings. The number of amides is 3. The molecule has 8 nitrogen and oxygen atoms in total. The first-order valence-electron chi connectivity index (χ1n) is 12.7. The molecule has 0 aliphatic carbocycles. The molecule has 0 bridgehead atoms. The van der Waals surface area contributed by atoms with Gasteiger partial charge in [0.05, 0.1) is 20.1 Å². The predicted octanol–water partition coefficient (Wildman–Crippen LogP) is 2.77. The SMILES string of the molecule is [2H][C@]1(N2Cc3c(OCc4cc(CN5CC(C)OC(C)C5)ccc4F)cccc3C2=O)CCC(=O)NC1=O. The number of rotatable bonds is 6. The van der Waals surface area contributed by atoms with Gasteiger partial charge in [-0.15, -0.1) is 0 Å². The van der Waals surface area contributed by atoms with Gasteiger partial charge >= 0.3 is 0 Å². The predicted molar refractivity (Wildman–Crippen MR) is 129 cm³/mol. The molecule has 2 saturated heterocycles. The average Bonchev–Trinajstić information content (AvgIpc) is 3.19. The van der Waals surface area contributed by atoms with Gasteiger partial charge in [0.1, 0.15) is 24.2 Å². The highest BCUT2D eigenvalue weighted by atomic mass is 19.1. The van der Waals surface area contributed by atoms with Gasteiger partial charge in [-0.3, -0.25) is 24.6 Å². The molecule has 0 radical (unpaired) electrons. The Morgan fingerprint density at radius 3 is 2.69 bits per heavy atom. The summed E-state index contributed by atoms with van der Waals surface area (Å²) in [6, 6.07) is 8.09. The Bertz CT molecular complexity index is 1250. The lowest BCUT2D eigenvalue weighted by Gasteiger charge is -2.35. The van der Waals surface area contributed by atoms with Crippen molar-refractivity contribution < 1.29 is 29.6 Å². The quantitative estimate of drug-likeness (QED) is 0.619. The van der Waals surface area contributed by atoms with Crippen molar-refractivity contribution in [3.05, 3.63) is 64.5 Å². The molecular formula is C27H30FN3O5. The van der Waals surface area contributed by atoms with E-state index in [0.717, 1.165) is 23.6 Å². The molecule has 3 atom stereocenters. The second-order valence-corrected chi connectivity index (χ2v) is 9.66. The zero-order valence-electron chi connectivity index (χ0n) is 21.4. The van der Waals surface area contributed by atoms with Gasteiger partial charge in [0.15, 0.2) is 0 Å². The van der Waals surface area contributed by atoms with E-state index >= 15 is 0 Å². The number of ether oxygens (including phenoxy) is 2. The van der Waals surface area contributed by atoms with E-state index in [0.29, 0.717) is 29.0 Å². The first-order chi connectivity index (χ1) is 17.6. The minimum atomic E-state index is -1.88. The summed E-state index contributed by atoms with van der Waals surface area (Å²) in [4.78, 5) is 40.6. The second kappa shape index (κ2) is 9.99. The molecule has 0 spiro atoms. The number of benzene rings is 2. The maximum Gasteiger partial charge on any atom is 0.255 e. The minimum Gasteiger partial charge on any atom is -0.488 e. The van der Waals surface area contributed by atoms with Crippen LogP contribution < -0.4 is 10.1 Å². The van der Waals surface area contributed by atoms with Gasteiger partial charge in [0.2, 0.25) is 11.8 Å². The highest BCUT2D eigenvalue weighted by Crippen LogP contribution is 2.34. The Kier molecular flexibility index (Phi) is 6.41. The Morgan fingerprint density at radius 2 is 1.94 bits per heavy atom. The highest BCUT2D eigenvalue weighted by molar-refractivity contribution is 6.05. The van der Waals surface area contributed by atoms with Crippen molar-refractivity contribution in [1.82, 2.24) is 15.1 Å². The zero-order valence-corrected chi connectivity index (χ0v) is 20.4. The lowest BCUT2D eigenvalue weighted by molar-refractivity contribution is -0.136. The summed E-state index contributed by atoms with van der Waals surface area (Å²) in [5, 5.41) is 2.16. The van der Waals surface area contributed by atoms with E-state index in [1.807, 2.05) is 13.8 Å². The maximum atomic E-state index is 14.7. The molecule has 3 heterocycles. The summed E-state index contributed by atoms with van der Waals surface area (Å²) >= 11 is 0. The number of hydrogen-bond donors (Lipinski definition) is 1. The van der Waals surface area contributed by atoms with E-state index in [9.17, 15) is 18.8 Å². The summed E-state index contributed by atoms with van der Waals surface area (Å²) in [5.41, 5.74) is 2.23. The number of carbonyl (C=O) groups is 3. The molecule has 2 aromatic rings. The Balaban J connectivity index is 1.31. The maximum absolute atomic E-state index is 14.7. The molecule has 190 valence electrons. The van der Waals surface area contributed by atoms with Gasteiger partial charge in [-0.25, -0.2) is 4.39 Å². The van der Waals surface area contributed by atoms with Gasteiger partial charge in [-0.2, -0.15) is 0 Å². The van der Waals surface area contributed by atoms with Gasteiger partial charge in [0.25, 0.3) is 5.91 Å². The molecule has 9 heteroatoms. The molecule has 3 aliphatic heterocycles. The molecular weight excluding hydrogens is 465 g/mol. The molecule has 3 amide bonds. The van der Waals surface area contributed by atoms with Crippen molar-refractivity contribution in [2.24, 2.45) is 0 Å². The van der Waals surface area contributed by atoms with Crippen molar-refractivity contribution >= 4 is 17.7 Å². The third-order valence-corrected chi connectivity index (χ3v) is 6.75. The van der Waals surface area contributed by atoms with Crippen molar-refractivity contribution in [3.8, 4) is 5.75 Å². The van der Waals surface area contributed by atoms with E-state index in [4.69, 9.17) is 10.8 Å². The summed E-state index contributed by atoms with van der Waals surface area (Å²) in [7, 11) is 0. The van der Waals surface area contributed by atoms with E-state index in [1.165, 1.54) is 6.07 Å². The van der Waals surface area contributed by atoms with Crippen LogP contribution in [0.25, 0.3) is 0 Å². The number of nitrogens with one attached hydrogen (secondary N) is 1. The summed E-state index contributed by atoms with van der Waals surface area (Å²) in [6.45, 7) is 6.31. The van der Waals surface area contributed by atoms with Crippen LogP contribution >= 0.6 is 0 Å². The summed E-state index contributed by atoms with van der Waals surface area (Å²) < 4.78 is 35.1. The Morgan fingerprint density at radius 1 is 1.17 bits per heavy atom. The van der Waals surface area contributed by atoms with E-state index < -0.39 is 23.7 Å². The fraction of sp³-hybridized carbons (Fsp3) is 0.444. The first kappa shape index (κ1) is 23.1. The largest absolute Gasteiger partial charge is 0.488 e. The van der Waals surface area contributed by atoms with Crippen LogP contribution in [-0.4, -0.2) is 58.8 Å². The second-order valence-electron chi connectivity index (χ2n) is 9.66. The number of piperidine rings is 1. The van der Waals surface area contributed by atoms with Crippen LogP contribution in [-0.2, 0) is 34.0 Å². The number of imide groups is 1. The van der Waals surface area contributed by atoms with E-state index in [-0.39, 0.29) is 44.0 Å². The summed E-state index contributed by atoms with van der Waals surface area (Å²) in [6.07, 6.45) is 0.179. The third-order valence-electron chi connectivity index (χ3n) is 6.75. The number of nitrogens with zero attached hydrogens (tertiary/aromatic N) is 2. The Labute approximate surface area is 210 Å². The number of carbonyl (C=O) groups excluding carboxylic acids is 3.